The van der Waals surface area contributed by atoms with Crippen molar-refractivity contribution in [1.29, 1.82) is 0 Å². The molecule has 0 aliphatic heterocycles. The molecule has 0 saturated heterocycles. The van der Waals surface area contributed by atoms with Crippen molar-refractivity contribution in [2.24, 2.45) is 5.92 Å². The Balaban J connectivity index is 1.33. The minimum absolute atomic E-state index is 0.135. The van der Waals surface area contributed by atoms with E-state index in [-0.39, 0.29) is 18.1 Å². The molecule has 1 fully saturated rings. The predicted molar refractivity (Wildman–Crippen MR) is 147 cm³/mol. The van der Waals surface area contributed by atoms with Crippen molar-refractivity contribution in [2.45, 2.75) is 16.7 Å². The van der Waals surface area contributed by atoms with Gasteiger partial charge in [-0.2, -0.15) is 0 Å². The lowest BCUT2D eigenvalue weighted by atomic mass is 10.0. The summed E-state index contributed by atoms with van der Waals surface area (Å²) in [5, 5.41) is 4.94. The Bertz CT molecular complexity index is 1500. The number of alkyl halides is 2. The summed E-state index contributed by atoms with van der Waals surface area (Å²) < 4.78 is -1.31. The van der Waals surface area contributed by atoms with Gasteiger partial charge in [0.2, 0.25) is 5.91 Å². The molecule has 182 valence electrons. The van der Waals surface area contributed by atoms with E-state index >= 15 is 0 Å². The zero-order valence-corrected chi connectivity index (χ0v) is 22.2. The first-order chi connectivity index (χ1) is 17.1. The molecule has 1 aliphatic rings. The number of halogens is 5. The quantitative estimate of drug-likeness (QED) is 0.186. The highest BCUT2D eigenvalue weighted by Gasteiger charge is 2.67. The topological polar surface area (TPSA) is 59.1 Å². The van der Waals surface area contributed by atoms with E-state index < -0.39 is 16.2 Å². The third-order valence-corrected chi connectivity index (χ3v) is 7.86. The second-order valence-corrected chi connectivity index (χ2v) is 11.4. The molecular weight excluding hydrogens is 562 g/mol. The Hall–Kier alpha value is -2.34. The normalized spacial score (nSPS) is 18.1. The van der Waals surface area contributed by atoms with E-state index in [0.717, 1.165) is 16.5 Å². The van der Waals surface area contributed by atoms with E-state index in [2.05, 4.69) is 10.3 Å². The molecular formula is C27H17Cl5N2O2. The number of fused-ring (bicyclic) bond motifs is 1. The summed E-state index contributed by atoms with van der Waals surface area (Å²) >= 11 is 31.4. The Morgan fingerprint density at radius 1 is 0.917 bits per heavy atom. The monoisotopic (exact) mass is 576 g/mol. The Kier molecular flexibility index (Phi) is 6.92. The fourth-order valence-electron chi connectivity index (χ4n) is 4.36. The number of carbonyl (C=O) groups is 2. The van der Waals surface area contributed by atoms with Gasteiger partial charge in [-0.05, 0) is 59.7 Å². The van der Waals surface area contributed by atoms with Crippen LogP contribution in [0.4, 0.5) is 5.69 Å². The van der Waals surface area contributed by atoms with E-state index in [4.69, 9.17) is 58.0 Å². The summed E-state index contributed by atoms with van der Waals surface area (Å²) in [4.78, 5) is 30.5. The lowest BCUT2D eigenvalue weighted by molar-refractivity contribution is -0.117. The smallest absolute Gasteiger partial charge is 0.231 e. The van der Waals surface area contributed by atoms with Gasteiger partial charge >= 0.3 is 0 Å². The molecule has 0 spiro atoms. The average molecular weight is 579 g/mol. The van der Waals surface area contributed by atoms with Gasteiger partial charge in [-0.1, -0.05) is 53.0 Å². The number of anilines is 1. The van der Waals surface area contributed by atoms with E-state index in [1.807, 2.05) is 30.3 Å². The lowest BCUT2D eigenvalue weighted by Gasteiger charge is -2.10. The van der Waals surface area contributed by atoms with Crippen LogP contribution in [0.1, 0.15) is 27.4 Å². The van der Waals surface area contributed by atoms with Crippen LogP contribution in [0.25, 0.3) is 10.9 Å². The summed E-state index contributed by atoms with van der Waals surface area (Å²) in [7, 11) is 0. The number of ketones is 1. The molecule has 3 aromatic carbocycles. The summed E-state index contributed by atoms with van der Waals surface area (Å²) in [6.07, 6.45) is 1.84. The molecule has 1 saturated carbocycles. The van der Waals surface area contributed by atoms with Gasteiger partial charge in [0.15, 0.2) is 5.78 Å². The zero-order valence-electron chi connectivity index (χ0n) is 18.4. The summed E-state index contributed by atoms with van der Waals surface area (Å²) in [6.45, 7) is 0. The van der Waals surface area contributed by atoms with E-state index in [9.17, 15) is 9.59 Å². The van der Waals surface area contributed by atoms with Crippen LogP contribution < -0.4 is 5.32 Å². The third kappa shape index (κ3) is 5.06. The summed E-state index contributed by atoms with van der Waals surface area (Å²) in [5.41, 5.74) is 3.00. The maximum absolute atomic E-state index is 13.1. The highest BCUT2D eigenvalue weighted by Crippen LogP contribution is 2.65. The molecule has 1 aliphatic carbocycles. The first-order valence-corrected chi connectivity index (χ1v) is 12.8. The number of hydrogen-bond donors (Lipinski definition) is 1. The third-order valence-electron chi connectivity index (χ3n) is 6.15. The molecule has 0 radical (unpaired) electrons. The Morgan fingerprint density at radius 2 is 1.67 bits per heavy atom. The highest BCUT2D eigenvalue weighted by atomic mass is 35.5. The van der Waals surface area contributed by atoms with Gasteiger partial charge in [0.25, 0.3) is 0 Å². The van der Waals surface area contributed by atoms with Gasteiger partial charge < -0.3 is 5.32 Å². The molecule has 5 rings (SSSR count). The Morgan fingerprint density at radius 3 is 2.42 bits per heavy atom. The highest BCUT2D eigenvalue weighted by molar-refractivity contribution is 6.53. The largest absolute Gasteiger partial charge is 0.326 e. The second-order valence-electron chi connectivity index (χ2n) is 8.65. The van der Waals surface area contributed by atoms with E-state index in [1.165, 1.54) is 0 Å². The fraction of sp³-hybridized carbons (Fsp3) is 0.148. The number of hydrogen-bond acceptors (Lipinski definition) is 3. The molecule has 0 bridgehead atoms. The number of pyridine rings is 1. The van der Waals surface area contributed by atoms with Crippen molar-refractivity contribution in [3.63, 3.8) is 0 Å². The number of amides is 1. The molecule has 1 N–H and O–H groups in total. The average Bonchev–Trinajstić information content (AvgIpc) is 3.41. The number of nitrogens with zero attached hydrogens (tertiary/aromatic N) is 1. The Labute approximate surface area is 232 Å². The van der Waals surface area contributed by atoms with Crippen LogP contribution in [-0.2, 0) is 11.2 Å². The minimum atomic E-state index is -1.31. The first-order valence-electron chi connectivity index (χ1n) is 10.9. The number of rotatable bonds is 6. The number of carbonyl (C=O) groups excluding carboxylic acids is 2. The van der Waals surface area contributed by atoms with E-state index in [1.54, 1.807) is 42.6 Å². The van der Waals surface area contributed by atoms with E-state index in [0.29, 0.717) is 31.9 Å². The lowest BCUT2D eigenvalue weighted by Crippen LogP contribution is -2.17. The number of benzene rings is 3. The standard InChI is InChI=1S/C27H17Cl5N2O2/c28-17-10-16(11-18(29)12-17)24-25(27(24,31)32)26(36)34-19-5-6-21(30)20(13-19)23(35)9-14-3-4-15-2-1-7-33-22(15)8-14/h1-8,10-13,24-25H,9H2,(H,34,36). The maximum Gasteiger partial charge on any atom is 0.231 e. The van der Waals surface area contributed by atoms with Gasteiger partial charge in [0, 0.05) is 45.2 Å². The second kappa shape index (κ2) is 9.85. The SMILES string of the molecule is O=C(Cc1ccc2cccnc2c1)c1cc(NC(=O)C2C(c3cc(Cl)cc(Cl)c3)C2(Cl)Cl)ccc1Cl. The number of nitrogens with one attached hydrogen (secondary N) is 1. The van der Waals surface area contributed by atoms with Crippen LogP contribution in [0.3, 0.4) is 0 Å². The summed E-state index contributed by atoms with van der Waals surface area (Å²) in [5.74, 6) is -1.78. The molecule has 1 heterocycles. The van der Waals surface area contributed by atoms with Gasteiger partial charge in [-0.3, -0.25) is 14.6 Å². The van der Waals surface area contributed by atoms with Crippen LogP contribution in [-0.4, -0.2) is 21.0 Å². The fourth-order valence-corrected chi connectivity index (χ4v) is 5.96. The first kappa shape index (κ1) is 25.3. The molecule has 2 unspecified atom stereocenters. The molecule has 4 nitrogen and oxygen atoms in total. The number of Topliss-reactive ketones (excluding diaryl/α,β-unsaturated/α-hetero) is 1. The van der Waals surface area contributed by atoms with Crippen molar-refractivity contribution in [2.75, 3.05) is 5.32 Å². The maximum atomic E-state index is 13.1. The molecule has 2 atom stereocenters. The van der Waals surface area contributed by atoms with Gasteiger partial charge in [-0.15, -0.1) is 23.2 Å². The molecule has 36 heavy (non-hydrogen) atoms. The molecule has 1 amide bonds. The van der Waals surface area contributed by atoms with Crippen molar-refractivity contribution < 1.29 is 9.59 Å². The molecule has 9 heteroatoms. The van der Waals surface area contributed by atoms with Crippen LogP contribution in [0, 0.1) is 5.92 Å². The minimum Gasteiger partial charge on any atom is -0.326 e. The van der Waals surface area contributed by atoms with Crippen LogP contribution in [0.2, 0.25) is 15.1 Å². The van der Waals surface area contributed by atoms with Crippen molar-refractivity contribution in [3.8, 4) is 0 Å². The molecule has 1 aromatic heterocycles. The van der Waals surface area contributed by atoms with Gasteiger partial charge in [0.1, 0.15) is 4.33 Å². The van der Waals surface area contributed by atoms with Crippen LogP contribution >= 0.6 is 58.0 Å². The van der Waals surface area contributed by atoms with Crippen molar-refractivity contribution >= 4 is 86.3 Å². The van der Waals surface area contributed by atoms with Crippen LogP contribution in [0.15, 0.2) is 72.9 Å². The number of aromatic nitrogens is 1. The predicted octanol–water partition coefficient (Wildman–Crippen LogP) is 8.15. The van der Waals surface area contributed by atoms with Gasteiger partial charge in [0.05, 0.1) is 16.5 Å². The van der Waals surface area contributed by atoms with Crippen molar-refractivity contribution in [3.05, 3.63) is 105 Å². The van der Waals surface area contributed by atoms with Gasteiger partial charge in [-0.25, -0.2) is 0 Å². The molecule has 4 aromatic rings. The van der Waals surface area contributed by atoms with Crippen LogP contribution in [0.5, 0.6) is 0 Å². The zero-order chi connectivity index (χ0) is 25.6. The van der Waals surface area contributed by atoms with Crippen molar-refractivity contribution in [1.82, 2.24) is 4.98 Å². The summed E-state index contributed by atoms with van der Waals surface area (Å²) in [6, 6.07) is 19.2.